The highest BCUT2D eigenvalue weighted by Crippen LogP contribution is 2.49. The molecule has 0 heterocycles. The van der Waals surface area contributed by atoms with Crippen LogP contribution in [0.1, 0.15) is 36.3 Å². The second-order valence-corrected chi connectivity index (χ2v) is 7.38. The lowest BCUT2D eigenvalue weighted by atomic mass is 10.1. The topological polar surface area (TPSA) is 66.8 Å². The summed E-state index contributed by atoms with van der Waals surface area (Å²) in [4.78, 5) is 25.3. The predicted octanol–water partition coefficient (Wildman–Crippen LogP) is 3.44. The van der Waals surface area contributed by atoms with Gasteiger partial charge < -0.3 is 14.7 Å². The molecule has 0 saturated heterocycles. The monoisotopic (exact) mass is 365 g/mol. The van der Waals surface area contributed by atoms with E-state index in [1.807, 2.05) is 54.6 Å². The number of nitrogens with zero attached hydrogens (tertiary/aromatic N) is 1. The highest BCUT2D eigenvalue weighted by atomic mass is 16.5. The number of benzene rings is 2. The molecule has 2 saturated carbocycles. The van der Waals surface area contributed by atoms with Crippen LogP contribution in [0, 0.1) is 5.92 Å². The number of ether oxygens (including phenoxy) is 1. The molecule has 2 aliphatic carbocycles. The SMILES string of the molecule is O=C(O)CN(C(=O)C1CC1c1ccc(OCc2ccccc2)cc1)C1CC1. The van der Waals surface area contributed by atoms with Gasteiger partial charge in [0, 0.05) is 12.0 Å². The van der Waals surface area contributed by atoms with Crippen molar-refractivity contribution in [3.63, 3.8) is 0 Å². The minimum absolute atomic E-state index is 0.00527. The minimum Gasteiger partial charge on any atom is -0.489 e. The van der Waals surface area contributed by atoms with E-state index in [4.69, 9.17) is 9.84 Å². The fourth-order valence-corrected chi connectivity index (χ4v) is 3.52. The lowest BCUT2D eigenvalue weighted by molar-refractivity contribution is -0.145. The van der Waals surface area contributed by atoms with Gasteiger partial charge in [-0.05, 0) is 48.4 Å². The predicted molar refractivity (Wildman–Crippen MR) is 100 cm³/mol. The highest BCUT2D eigenvalue weighted by molar-refractivity contribution is 5.86. The molecule has 27 heavy (non-hydrogen) atoms. The van der Waals surface area contributed by atoms with Gasteiger partial charge in [0.15, 0.2) is 0 Å². The molecule has 2 aliphatic rings. The smallest absolute Gasteiger partial charge is 0.323 e. The first-order valence-electron chi connectivity index (χ1n) is 9.41. The lowest BCUT2D eigenvalue weighted by Crippen LogP contribution is -2.38. The molecule has 0 radical (unpaired) electrons. The summed E-state index contributed by atoms with van der Waals surface area (Å²) in [6.45, 7) is 0.343. The van der Waals surface area contributed by atoms with Crippen molar-refractivity contribution in [3.05, 3.63) is 65.7 Å². The molecule has 140 valence electrons. The molecule has 0 bridgehead atoms. The zero-order valence-electron chi connectivity index (χ0n) is 15.1. The second kappa shape index (κ2) is 7.43. The van der Waals surface area contributed by atoms with Crippen molar-refractivity contribution in [2.45, 2.75) is 37.8 Å². The number of carboxylic acid groups (broad SMARTS) is 1. The summed E-state index contributed by atoms with van der Waals surface area (Å²) in [5.74, 6) is -0.0324. The van der Waals surface area contributed by atoms with Crippen LogP contribution in [0.15, 0.2) is 54.6 Å². The number of carboxylic acids is 1. The van der Waals surface area contributed by atoms with Crippen molar-refractivity contribution < 1.29 is 19.4 Å². The minimum atomic E-state index is -0.938. The molecular weight excluding hydrogens is 342 g/mol. The Balaban J connectivity index is 1.33. The van der Waals surface area contributed by atoms with E-state index in [1.54, 1.807) is 4.90 Å². The van der Waals surface area contributed by atoms with E-state index >= 15 is 0 Å². The number of rotatable bonds is 8. The van der Waals surface area contributed by atoms with Gasteiger partial charge >= 0.3 is 5.97 Å². The Morgan fingerprint density at radius 3 is 2.37 bits per heavy atom. The maximum absolute atomic E-state index is 12.7. The number of amides is 1. The van der Waals surface area contributed by atoms with Crippen LogP contribution in [-0.4, -0.2) is 34.5 Å². The molecule has 1 amide bonds. The summed E-state index contributed by atoms with van der Waals surface area (Å²) in [6.07, 6.45) is 2.64. The number of aliphatic carboxylic acids is 1. The van der Waals surface area contributed by atoms with Crippen LogP contribution in [0.5, 0.6) is 5.75 Å². The van der Waals surface area contributed by atoms with Crippen molar-refractivity contribution in [1.29, 1.82) is 0 Å². The van der Waals surface area contributed by atoms with Crippen molar-refractivity contribution in [2.75, 3.05) is 6.54 Å². The van der Waals surface area contributed by atoms with Gasteiger partial charge in [-0.15, -0.1) is 0 Å². The quantitative estimate of drug-likeness (QED) is 0.778. The van der Waals surface area contributed by atoms with Crippen LogP contribution in [-0.2, 0) is 16.2 Å². The van der Waals surface area contributed by atoms with Gasteiger partial charge in [0.2, 0.25) is 5.91 Å². The first kappa shape index (κ1) is 17.6. The summed E-state index contributed by atoms with van der Waals surface area (Å²) in [7, 11) is 0. The largest absolute Gasteiger partial charge is 0.489 e. The zero-order valence-corrected chi connectivity index (χ0v) is 15.1. The Kier molecular flexibility index (Phi) is 4.84. The molecule has 2 fully saturated rings. The molecule has 2 unspecified atom stereocenters. The Morgan fingerprint density at radius 1 is 1.04 bits per heavy atom. The average Bonchev–Trinajstić information content (AvgIpc) is 3.58. The van der Waals surface area contributed by atoms with Gasteiger partial charge in [-0.1, -0.05) is 42.5 Å². The Labute approximate surface area is 158 Å². The van der Waals surface area contributed by atoms with E-state index in [0.29, 0.717) is 6.61 Å². The number of carbonyl (C=O) groups excluding carboxylic acids is 1. The maximum atomic E-state index is 12.7. The molecule has 2 aromatic rings. The second-order valence-electron chi connectivity index (χ2n) is 7.38. The molecule has 1 N–H and O–H groups in total. The number of hydrogen-bond donors (Lipinski definition) is 1. The van der Waals surface area contributed by atoms with Crippen LogP contribution >= 0.6 is 0 Å². The molecule has 5 nitrogen and oxygen atoms in total. The van der Waals surface area contributed by atoms with Crippen LogP contribution in [0.25, 0.3) is 0 Å². The van der Waals surface area contributed by atoms with Gasteiger partial charge in [0.25, 0.3) is 0 Å². The van der Waals surface area contributed by atoms with Crippen LogP contribution in [0.3, 0.4) is 0 Å². The summed E-state index contributed by atoms with van der Waals surface area (Å²) >= 11 is 0. The van der Waals surface area contributed by atoms with Gasteiger partial charge in [-0.3, -0.25) is 9.59 Å². The van der Waals surface area contributed by atoms with Crippen LogP contribution in [0.4, 0.5) is 0 Å². The third-order valence-electron chi connectivity index (χ3n) is 5.24. The third kappa shape index (κ3) is 4.30. The average molecular weight is 365 g/mol. The highest BCUT2D eigenvalue weighted by Gasteiger charge is 2.48. The zero-order chi connectivity index (χ0) is 18.8. The van der Waals surface area contributed by atoms with Crippen molar-refractivity contribution in [1.82, 2.24) is 4.90 Å². The molecule has 0 aromatic heterocycles. The normalized spacial score (nSPS) is 20.7. The molecule has 2 aromatic carbocycles. The van der Waals surface area contributed by atoms with Gasteiger partial charge in [0.05, 0.1) is 0 Å². The first-order chi connectivity index (χ1) is 13.1. The van der Waals surface area contributed by atoms with Crippen LogP contribution in [0.2, 0.25) is 0 Å². The van der Waals surface area contributed by atoms with Crippen molar-refractivity contribution >= 4 is 11.9 Å². The van der Waals surface area contributed by atoms with E-state index in [0.717, 1.165) is 36.1 Å². The van der Waals surface area contributed by atoms with Crippen molar-refractivity contribution in [3.8, 4) is 5.75 Å². The Bertz CT molecular complexity index is 814. The van der Waals surface area contributed by atoms with E-state index in [9.17, 15) is 9.59 Å². The summed E-state index contributed by atoms with van der Waals surface area (Å²) in [5, 5.41) is 9.05. The van der Waals surface area contributed by atoms with Gasteiger partial charge in [-0.25, -0.2) is 0 Å². The van der Waals surface area contributed by atoms with Gasteiger partial charge in [0.1, 0.15) is 18.9 Å². The van der Waals surface area contributed by atoms with E-state index < -0.39 is 5.97 Å². The molecule has 2 atom stereocenters. The van der Waals surface area contributed by atoms with E-state index in [-0.39, 0.29) is 30.3 Å². The lowest BCUT2D eigenvalue weighted by Gasteiger charge is -2.20. The fraction of sp³-hybridized carbons (Fsp3) is 0.364. The Hall–Kier alpha value is -2.82. The van der Waals surface area contributed by atoms with Gasteiger partial charge in [-0.2, -0.15) is 0 Å². The summed E-state index contributed by atoms with van der Waals surface area (Å²) in [5.41, 5.74) is 2.24. The Morgan fingerprint density at radius 2 is 1.74 bits per heavy atom. The maximum Gasteiger partial charge on any atom is 0.323 e. The molecule has 0 aliphatic heterocycles. The number of carbonyl (C=O) groups is 2. The van der Waals surface area contributed by atoms with Crippen molar-refractivity contribution in [2.24, 2.45) is 5.92 Å². The van der Waals surface area contributed by atoms with E-state index in [1.165, 1.54) is 0 Å². The standard InChI is InChI=1S/C22H23NO4/c24-21(25)13-23(17-8-9-17)22(26)20-12-19(20)16-6-10-18(11-7-16)27-14-15-4-2-1-3-5-15/h1-7,10-11,17,19-20H,8-9,12-14H2,(H,24,25). The molecule has 5 heteroatoms. The fourth-order valence-electron chi connectivity index (χ4n) is 3.52. The van der Waals surface area contributed by atoms with Crippen LogP contribution < -0.4 is 4.74 Å². The molecular formula is C22H23NO4. The summed E-state index contributed by atoms with van der Waals surface area (Å²) in [6, 6.07) is 18.0. The first-order valence-corrected chi connectivity index (χ1v) is 9.41. The molecule has 0 spiro atoms. The molecule has 4 rings (SSSR count). The van der Waals surface area contributed by atoms with E-state index in [2.05, 4.69) is 0 Å². The third-order valence-corrected chi connectivity index (χ3v) is 5.24. The number of hydrogen-bond acceptors (Lipinski definition) is 3. The summed E-state index contributed by atoms with van der Waals surface area (Å²) < 4.78 is 5.80.